The lowest BCUT2D eigenvalue weighted by Crippen LogP contribution is -2.39. The number of anilines is 2. The van der Waals surface area contributed by atoms with Gasteiger partial charge in [0, 0.05) is 35.3 Å². The van der Waals surface area contributed by atoms with Crippen LogP contribution in [0.4, 0.5) is 11.4 Å². The number of amides is 2. The molecule has 9 heteroatoms. The van der Waals surface area contributed by atoms with E-state index < -0.39 is 10.0 Å². The molecule has 2 aromatic carbocycles. The van der Waals surface area contributed by atoms with Gasteiger partial charge in [0.25, 0.3) is 0 Å². The number of carbonyl (C=O) groups is 2. The van der Waals surface area contributed by atoms with Gasteiger partial charge < -0.3 is 10.2 Å². The Labute approximate surface area is 212 Å². The number of rotatable bonds is 5. The summed E-state index contributed by atoms with van der Waals surface area (Å²) >= 11 is 1.53. The molecule has 0 unspecified atom stereocenters. The molecule has 7 nitrogen and oxygen atoms in total. The fourth-order valence-electron chi connectivity index (χ4n) is 4.43. The van der Waals surface area contributed by atoms with Crippen molar-refractivity contribution in [3.8, 4) is 0 Å². The molecule has 1 N–H and O–H groups in total. The number of thioether (sulfide) groups is 1. The smallest absolute Gasteiger partial charge is 0.244 e. The van der Waals surface area contributed by atoms with Crippen LogP contribution < -0.4 is 10.2 Å². The van der Waals surface area contributed by atoms with Crippen LogP contribution in [0.5, 0.6) is 0 Å². The van der Waals surface area contributed by atoms with Crippen LogP contribution in [0.2, 0.25) is 0 Å². The highest BCUT2D eigenvalue weighted by Gasteiger charge is 2.32. The third-order valence-electron chi connectivity index (χ3n) is 6.79. The van der Waals surface area contributed by atoms with Gasteiger partial charge in [-0.15, -0.1) is 11.8 Å². The van der Waals surface area contributed by atoms with Crippen LogP contribution in [0.15, 0.2) is 46.2 Å². The lowest BCUT2D eigenvalue weighted by molar-refractivity contribution is -0.121. The largest absolute Gasteiger partial charge is 0.325 e. The summed E-state index contributed by atoms with van der Waals surface area (Å²) in [4.78, 5) is 28.5. The predicted octanol–water partition coefficient (Wildman–Crippen LogP) is 4.58. The van der Waals surface area contributed by atoms with Crippen molar-refractivity contribution in [1.82, 2.24) is 4.31 Å². The van der Waals surface area contributed by atoms with E-state index in [0.29, 0.717) is 30.4 Å². The lowest BCUT2D eigenvalue weighted by Gasteiger charge is -2.30. The Balaban J connectivity index is 1.63. The topological polar surface area (TPSA) is 86.8 Å². The molecule has 4 rings (SSSR count). The molecule has 2 aromatic rings. The summed E-state index contributed by atoms with van der Waals surface area (Å²) in [5.41, 5.74) is 3.33. The van der Waals surface area contributed by atoms with Gasteiger partial charge in [-0.2, -0.15) is 4.31 Å². The van der Waals surface area contributed by atoms with Crippen LogP contribution in [0, 0.1) is 19.8 Å². The first-order valence-corrected chi connectivity index (χ1v) is 14.3. The molecule has 0 bridgehead atoms. The van der Waals surface area contributed by atoms with Crippen molar-refractivity contribution in [2.24, 2.45) is 5.92 Å². The zero-order valence-corrected chi connectivity index (χ0v) is 22.3. The molecule has 1 atom stereocenters. The molecule has 2 amide bonds. The van der Waals surface area contributed by atoms with Gasteiger partial charge >= 0.3 is 0 Å². The molecule has 0 aromatic heterocycles. The summed E-state index contributed by atoms with van der Waals surface area (Å²) in [5.74, 6) is -0.0129. The second-order valence-electron chi connectivity index (χ2n) is 9.68. The summed E-state index contributed by atoms with van der Waals surface area (Å²) < 4.78 is 28.3. The van der Waals surface area contributed by atoms with E-state index in [1.54, 1.807) is 18.2 Å². The number of benzene rings is 2. The van der Waals surface area contributed by atoms with Gasteiger partial charge in [-0.25, -0.2) is 8.42 Å². The minimum absolute atomic E-state index is 0.0140. The van der Waals surface area contributed by atoms with Gasteiger partial charge in [-0.1, -0.05) is 19.9 Å². The maximum atomic E-state index is 13.4. The lowest BCUT2D eigenvalue weighted by atomic mass is 10.0. The summed E-state index contributed by atoms with van der Waals surface area (Å²) in [6.07, 6.45) is 1.93. The highest BCUT2D eigenvalue weighted by Crippen LogP contribution is 2.40. The third-order valence-corrected chi connectivity index (χ3v) is 9.85. The van der Waals surface area contributed by atoms with E-state index in [0.717, 1.165) is 28.9 Å². The number of fused-ring (bicyclic) bond motifs is 1. The number of hydrogen-bond donors (Lipinski definition) is 1. The molecule has 2 aliphatic rings. The summed E-state index contributed by atoms with van der Waals surface area (Å²) in [6.45, 7) is 8.88. The predicted molar refractivity (Wildman–Crippen MR) is 140 cm³/mol. The second kappa shape index (κ2) is 10.3. The van der Waals surface area contributed by atoms with Crippen molar-refractivity contribution < 1.29 is 18.0 Å². The number of aryl methyl sites for hydroxylation is 2. The fraction of sp³-hybridized carbons (Fsp3) is 0.462. The molecular weight excluding hydrogens is 482 g/mol. The molecule has 0 radical (unpaired) electrons. The Morgan fingerprint density at radius 2 is 1.77 bits per heavy atom. The maximum Gasteiger partial charge on any atom is 0.244 e. The second-order valence-corrected chi connectivity index (χ2v) is 13.1. The number of carbonyl (C=O) groups excluding carboxylic acids is 2. The molecular formula is C26H33N3O4S2. The van der Waals surface area contributed by atoms with E-state index in [1.165, 1.54) is 21.0 Å². The number of nitrogens with zero attached hydrogens (tertiary/aromatic N) is 2. The average Bonchev–Trinajstić information content (AvgIpc) is 2.91. The Morgan fingerprint density at radius 3 is 2.46 bits per heavy atom. The number of piperidine rings is 1. The average molecular weight is 516 g/mol. The van der Waals surface area contributed by atoms with Crippen LogP contribution in [-0.4, -0.2) is 49.4 Å². The van der Waals surface area contributed by atoms with Crippen molar-refractivity contribution in [3.05, 3.63) is 47.5 Å². The fourth-order valence-corrected chi connectivity index (χ4v) is 7.01. The van der Waals surface area contributed by atoms with Gasteiger partial charge in [0.1, 0.15) is 6.54 Å². The van der Waals surface area contributed by atoms with Crippen LogP contribution in [0.3, 0.4) is 0 Å². The molecule has 1 saturated heterocycles. The Kier molecular flexibility index (Phi) is 7.59. The molecule has 0 saturated carbocycles. The van der Waals surface area contributed by atoms with Crippen molar-refractivity contribution in [3.63, 3.8) is 0 Å². The maximum absolute atomic E-state index is 13.4. The summed E-state index contributed by atoms with van der Waals surface area (Å²) in [5, 5.41) is 2.89. The molecule has 35 heavy (non-hydrogen) atoms. The minimum atomic E-state index is -3.69. The van der Waals surface area contributed by atoms with E-state index in [9.17, 15) is 18.0 Å². The van der Waals surface area contributed by atoms with Gasteiger partial charge in [-0.05, 0) is 74.1 Å². The van der Waals surface area contributed by atoms with E-state index in [4.69, 9.17) is 0 Å². The first-order chi connectivity index (χ1) is 16.5. The van der Waals surface area contributed by atoms with E-state index in [1.807, 2.05) is 39.0 Å². The Hall–Kier alpha value is -2.36. The van der Waals surface area contributed by atoms with Crippen molar-refractivity contribution in [1.29, 1.82) is 0 Å². The van der Waals surface area contributed by atoms with Gasteiger partial charge in [0.2, 0.25) is 21.8 Å². The zero-order valence-electron chi connectivity index (χ0n) is 20.7. The summed E-state index contributed by atoms with van der Waals surface area (Å²) in [7, 11) is -3.69. The van der Waals surface area contributed by atoms with Gasteiger partial charge in [-0.3, -0.25) is 9.59 Å². The van der Waals surface area contributed by atoms with Crippen LogP contribution in [0.1, 0.15) is 44.2 Å². The molecule has 188 valence electrons. The van der Waals surface area contributed by atoms with Crippen molar-refractivity contribution in [2.45, 2.75) is 62.0 Å². The highest BCUT2D eigenvalue weighted by atomic mass is 32.2. The normalized spacial score (nSPS) is 19.8. The van der Waals surface area contributed by atoms with E-state index >= 15 is 0 Å². The zero-order chi connectivity index (χ0) is 25.3. The third kappa shape index (κ3) is 5.73. The van der Waals surface area contributed by atoms with Gasteiger partial charge in [0.15, 0.2) is 0 Å². The highest BCUT2D eigenvalue weighted by molar-refractivity contribution is 8.00. The molecule has 1 fully saturated rings. The summed E-state index contributed by atoms with van der Waals surface area (Å²) in [6, 6.07) is 10.6. The SMILES string of the molecule is Cc1ccc(NC(=O)CN2C(=O)C[C@H](C)Sc3ccc(S(=O)(=O)N4CCC(C)CC4)cc32)cc1C. The van der Waals surface area contributed by atoms with Crippen LogP contribution >= 0.6 is 11.8 Å². The quantitative estimate of drug-likeness (QED) is 0.630. The number of sulfonamides is 1. The van der Waals surface area contributed by atoms with E-state index in [-0.39, 0.29) is 34.9 Å². The van der Waals surface area contributed by atoms with Crippen LogP contribution in [-0.2, 0) is 19.6 Å². The van der Waals surface area contributed by atoms with Crippen molar-refractivity contribution in [2.75, 3.05) is 29.9 Å². The van der Waals surface area contributed by atoms with E-state index in [2.05, 4.69) is 12.2 Å². The Morgan fingerprint density at radius 1 is 1.06 bits per heavy atom. The number of hydrogen-bond acceptors (Lipinski definition) is 5. The monoisotopic (exact) mass is 515 g/mol. The molecule has 0 aliphatic carbocycles. The Bertz CT molecular complexity index is 1240. The molecule has 2 heterocycles. The van der Waals surface area contributed by atoms with Crippen molar-refractivity contribution >= 4 is 45.0 Å². The minimum Gasteiger partial charge on any atom is -0.325 e. The molecule has 2 aliphatic heterocycles. The first kappa shape index (κ1) is 25.7. The molecule has 0 spiro atoms. The first-order valence-electron chi connectivity index (χ1n) is 12.0. The van der Waals surface area contributed by atoms with Gasteiger partial charge in [0.05, 0.1) is 10.6 Å². The number of nitrogens with one attached hydrogen (secondary N) is 1. The standard InChI is InChI=1S/C26H33N3O4S2/c1-17-9-11-28(12-10-17)35(32,33)22-7-8-24-23(15-22)29(26(31)14-20(4)34-24)16-25(30)27-21-6-5-18(2)19(3)13-21/h5-8,13,15,17,20H,9-12,14,16H2,1-4H3,(H,27,30)/t20-/m0/s1. The van der Waals surface area contributed by atoms with Crippen LogP contribution in [0.25, 0.3) is 0 Å².